The Morgan fingerprint density at radius 3 is 2.40 bits per heavy atom. The Bertz CT molecular complexity index is 73.7. The van der Waals surface area contributed by atoms with E-state index in [0.717, 1.165) is 13.0 Å². The molecule has 0 bridgehead atoms. The molecular formula is C8H18OS. The van der Waals surface area contributed by atoms with Gasteiger partial charge in [-0.05, 0) is 12.3 Å². The maximum atomic E-state index is 5.41. The van der Waals surface area contributed by atoms with Crippen LogP contribution in [-0.4, -0.2) is 12.0 Å². The molecular weight excluding hydrogens is 144 g/mol. The van der Waals surface area contributed by atoms with Crippen LogP contribution in [0.15, 0.2) is 0 Å². The van der Waals surface area contributed by atoms with E-state index in [2.05, 4.69) is 33.4 Å². The molecule has 1 nitrogen and oxygen atoms in total. The van der Waals surface area contributed by atoms with Crippen LogP contribution in [0.4, 0.5) is 0 Å². The van der Waals surface area contributed by atoms with E-state index in [1.54, 1.807) is 0 Å². The highest BCUT2D eigenvalue weighted by atomic mass is 32.1. The van der Waals surface area contributed by atoms with Crippen molar-refractivity contribution in [2.45, 2.75) is 39.0 Å². The van der Waals surface area contributed by atoms with E-state index in [1.807, 2.05) is 0 Å². The first kappa shape index (κ1) is 10.3. The maximum Gasteiger partial charge on any atom is 0.102 e. The highest BCUT2D eigenvalue weighted by Gasteiger charge is 2.06. The van der Waals surface area contributed by atoms with E-state index in [1.165, 1.54) is 6.42 Å². The van der Waals surface area contributed by atoms with E-state index in [9.17, 15) is 0 Å². The van der Waals surface area contributed by atoms with Gasteiger partial charge in [0.05, 0.1) is 0 Å². The third kappa shape index (κ3) is 5.12. The summed E-state index contributed by atoms with van der Waals surface area (Å²) in [4.78, 5) is 0. The summed E-state index contributed by atoms with van der Waals surface area (Å²) in [5, 5.41) is 0. The Morgan fingerprint density at radius 2 is 2.00 bits per heavy atom. The lowest BCUT2D eigenvalue weighted by Gasteiger charge is -2.14. The van der Waals surface area contributed by atoms with Gasteiger partial charge in [-0.1, -0.05) is 27.2 Å². The van der Waals surface area contributed by atoms with Gasteiger partial charge in [0.25, 0.3) is 0 Å². The topological polar surface area (TPSA) is 9.23 Å². The molecule has 2 heteroatoms. The summed E-state index contributed by atoms with van der Waals surface area (Å²) in [7, 11) is 0. The number of rotatable bonds is 5. The number of hydrogen-bond acceptors (Lipinski definition) is 2. The van der Waals surface area contributed by atoms with E-state index >= 15 is 0 Å². The lowest BCUT2D eigenvalue weighted by atomic mass is 10.2. The molecule has 0 rings (SSSR count). The van der Waals surface area contributed by atoms with Gasteiger partial charge in [-0.25, -0.2) is 0 Å². The molecule has 0 aromatic heterocycles. The zero-order chi connectivity index (χ0) is 7.98. The van der Waals surface area contributed by atoms with Crippen molar-refractivity contribution in [2.75, 3.05) is 6.61 Å². The lowest BCUT2D eigenvalue weighted by Crippen LogP contribution is -2.13. The molecule has 0 aromatic rings. The van der Waals surface area contributed by atoms with Gasteiger partial charge in [-0.2, -0.15) is 0 Å². The standard InChI is InChI=1S/C8H18OS/c1-4-5-6-9-8(10)7(2)3/h7-8,10H,4-6H2,1-3H3. The van der Waals surface area contributed by atoms with Crippen molar-refractivity contribution in [2.24, 2.45) is 5.92 Å². The molecule has 0 saturated carbocycles. The molecule has 10 heavy (non-hydrogen) atoms. The van der Waals surface area contributed by atoms with Crippen LogP contribution in [0.3, 0.4) is 0 Å². The summed E-state index contributed by atoms with van der Waals surface area (Å²) < 4.78 is 5.41. The molecule has 1 unspecified atom stereocenters. The predicted molar refractivity (Wildman–Crippen MR) is 48.5 cm³/mol. The highest BCUT2D eigenvalue weighted by Crippen LogP contribution is 2.10. The predicted octanol–water partition coefficient (Wildman–Crippen LogP) is 2.72. The van der Waals surface area contributed by atoms with E-state index in [-0.39, 0.29) is 5.44 Å². The Kier molecular flexibility index (Phi) is 6.24. The second-order valence-corrected chi connectivity index (χ2v) is 3.37. The summed E-state index contributed by atoms with van der Waals surface area (Å²) in [6, 6.07) is 0. The van der Waals surface area contributed by atoms with Crippen LogP contribution >= 0.6 is 12.6 Å². The average Bonchev–Trinajstić information content (AvgIpc) is 1.88. The van der Waals surface area contributed by atoms with Crippen LogP contribution in [0.5, 0.6) is 0 Å². The fraction of sp³-hybridized carbons (Fsp3) is 1.00. The van der Waals surface area contributed by atoms with Crippen LogP contribution in [0.25, 0.3) is 0 Å². The van der Waals surface area contributed by atoms with Crippen LogP contribution in [0, 0.1) is 5.92 Å². The Morgan fingerprint density at radius 1 is 1.40 bits per heavy atom. The molecule has 0 saturated heterocycles. The lowest BCUT2D eigenvalue weighted by molar-refractivity contribution is 0.0830. The molecule has 0 aliphatic carbocycles. The van der Waals surface area contributed by atoms with Gasteiger partial charge in [0.2, 0.25) is 0 Å². The van der Waals surface area contributed by atoms with Crippen molar-refractivity contribution in [3.05, 3.63) is 0 Å². The third-order valence-electron chi connectivity index (χ3n) is 1.36. The normalized spacial score (nSPS) is 14.1. The zero-order valence-corrected chi connectivity index (χ0v) is 8.03. The van der Waals surface area contributed by atoms with Crippen LogP contribution in [0.1, 0.15) is 33.6 Å². The van der Waals surface area contributed by atoms with E-state index < -0.39 is 0 Å². The first-order chi connectivity index (χ1) is 4.68. The molecule has 0 aliphatic rings. The molecule has 62 valence electrons. The quantitative estimate of drug-likeness (QED) is 0.371. The summed E-state index contributed by atoms with van der Waals surface area (Å²) >= 11 is 4.28. The zero-order valence-electron chi connectivity index (χ0n) is 7.13. The van der Waals surface area contributed by atoms with Crippen molar-refractivity contribution in [3.8, 4) is 0 Å². The monoisotopic (exact) mass is 162 g/mol. The van der Waals surface area contributed by atoms with Crippen LogP contribution in [0.2, 0.25) is 0 Å². The Balaban J connectivity index is 3.13. The molecule has 0 spiro atoms. The molecule has 1 atom stereocenters. The van der Waals surface area contributed by atoms with Crippen LogP contribution in [-0.2, 0) is 4.74 Å². The molecule has 0 amide bonds. The number of hydrogen-bond donors (Lipinski definition) is 1. The molecule has 0 N–H and O–H groups in total. The van der Waals surface area contributed by atoms with Crippen molar-refractivity contribution in [3.63, 3.8) is 0 Å². The largest absolute Gasteiger partial charge is 0.368 e. The summed E-state index contributed by atoms with van der Waals surface area (Å²) in [6.07, 6.45) is 2.34. The summed E-state index contributed by atoms with van der Waals surface area (Å²) in [5.74, 6) is 0.514. The first-order valence-electron chi connectivity index (χ1n) is 3.98. The van der Waals surface area contributed by atoms with E-state index in [4.69, 9.17) is 4.74 Å². The van der Waals surface area contributed by atoms with Gasteiger partial charge in [0, 0.05) is 6.61 Å². The van der Waals surface area contributed by atoms with Gasteiger partial charge in [0.1, 0.15) is 5.44 Å². The second-order valence-electron chi connectivity index (χ2n) is 2.86. The van der Waals surface area contributed by atoms with Crippen LogP contribution < -0.4 is 0 Å². The van der Waals surface area contributed by atoms with Crippen molar-refractivity contribution in [1.82, 2.24) is 0 Å². The maximum absolute atomic E-state index is 5.41. The van der Waals surface area contributed by atoms with Gasteiger partial charge in [-0.15, -0.1) is 12.6 Å². The first-order valence-corrected chi connectivity index (χ1v) is 4.49. The Labute approximate surface area is 69.6 Å². The second kappa shape index (κ2) is 6.05. The molecule has 0 aliphatic heterocycles. The van der Waals surface area contributed by atoms with Crippen molar-refractivity contribution < 1.29 is 4.74 Å². The van der Waals surface area contributed by atoms with E-state index in [0.29, 0.717) is 5.92 Å². The summed E-state index contributed by atoms with van der Waals surface area (Å²) in [5.41, 5.74) is 0.117. The molecule has 0 fully saturated rings. The van der Waals surface area contributed by atoms with Gasteiger partial charge < -0.3 is 4.74 Å². The smallest absolute Gasteiger partial charge is 0.102 e. The molecule has 0 aromatic carbocycles. The number of thiol groups is 1. The highest BCUT2D eigenvalue weighted by molar-refractivity contribution is 7.80. The minimum Gasteiger partial charge on any atom is -0.368 e. The van der Waals surface area contributed by atoms with Gasteiger partial charge in [-0.3, -0.25) is 0 Å². The Hall–Kier alpha value is 0.310. The number of unbranched alkanes of at least 4 members (excludes halogenated alkanes) is 1. The molecule has 0 heterocycles. The van der Waals surface area contributed by atoms with Gasteiger partial charge in [0.15, 0.2) is 0 Å². The summed E-state index contributed by atoms with van der Waals surface area (Å²) in [6.45, 7) is 7.24. The fourth-order valence-electron chi connectivity index (χ4n) is 0.541. The third-order valence-corrected chi connectivity index (χ3v) is 2.10. The fourth-order valence-corrected chi connectivity index (χ4v) is 0.646. The van der Waals surface area contributed by atoms with Gasteiger partial charge >= 0.3 is 0 Å². The van der Waals surface area contributed by atoms with Crippen molar-refractivity contribution >= 4 is 12.6 Å². The SMILES string of the molecule is CCCCOC(S)C(C)C. The number of ether oxygens (including phenoxy) is 1. The minimum atomic E-state index is 0.117. The molecule has 0 radical (unpaired) electrons. The average molecular weight is 162 g/mol. The minimum absolute atomic E-state index is 0.117. The van der Waals surface area contributed by atoms with Crippen molar-refractivity contribution in [1.29, 1.82) is 0 Å².